The smallest absolute Gasteiger partial charge is 0.306 e. The molecule has 1 heterocycles. The molecule has 3 aromatic rings. The number of rotatable bonds is 12. The van der Waals surface area contributed by atoms with E-state index in [-0.39, 0.29) is 18.7 Å². The van der Waals surface area contributed by atoms with Crippen molar-refractivity contribution in [3.63, 3.8) is 0 Å². The number of esters is 1. The maximum absolute atomic E-state index is 11.9. The molecule has 180 valence electrons. The van der Waals surface area contributed by atoms with Gasteiger partial charge in [0.2, 0.25) is 0 Å². The molecule has 0 fully saturated rings. The quantitative estimate of drug-likeness (QED) is 0.275. The lowest BCUT2D eigenvalue weighted by atomic mass is 10.0. The van der Waals surface area contributed by atoms with Crippen molar-refractivity contribution in [3.05, 3.63) is 66.5 Å². The van der Waals surface area contributed by atoms with Crippen LogP contribution < -0.4 is 4.74 Å². The molecule has 0 N–H and O–H groups in total. The van der Waals surface area contributed by atoms with Crippen LogP contribution >= 0.6 is 0 Å². The lowest BCUT2D eigenvalue weighted by Gasteiger charge is -2.15. The molecule has 0 unspecified atom stereocenters. The second kappa shape index (κ2) is 12.9. The highest BCUT2D eigenvalue weighted by molar-refractivity contribution is 5.69. The van der Waals surface area contributed by atoms with Crippen LogP contribution in [0, 0.1) is 5.92 Å². The second-order valence-corrected chi connectivity index (χ2v) is 8.93. The summed E-state index contributed by atoms with van der Waals surface area (Å²) in [5.74, 6) is 1.54. The summed E-state index contributed by atoms with van der Waals surface area (Å²) in [6.45, 7) is 8.56. The standard InChI is InChI=1S/C29H36N2O3/c1-5-7-23-9-11-24(12-10-23)25-13-15-26(16-14-25)29-30-18-27(19-31-29)33-20-22(4)34-28(32)17-8-21(3)6-2/h9-16,18-19,21-22H,5-8,17,20H2,1-4H3/t21-,22-/m0/s1. The molecule has 0 saturated carbocycles. The van der Waals surface area contributed by atoms with Gasteiger partial charge < -0.3 is 9.47 Å². The first-order valence-corrected chi connectivity index (χ1v) is 12.3. The molecule has 0 amide bonds. The molecule has 0 bridgehead atoms. The van der Waals surface area contributed by atoms with Crippen molar-refractivity contribution in [2.75, 3.05) is 6.61 Å². The fraction of sp³-hybridized carbons (Fsp3) is 0.414. The molecule has 0 saturated heterocycles. The summed E-state index contributed by atoms with van der Waals surface area (Å²) in [5.41, 5.74) is 4.68. The van der Waals surface area contributed by atoms with E-state index in [2.05, 4.69) is 67.1 Å². The summed E-state index contributed by atoms with van der Waals surface area (Å²) in [4.78, 5) is 20.8. The fourth-order valence-electron chi connectivity index (χ4n) is 3.60. The number of aryl methyl sites for hydroxylation is 1. The van der Waals surface area contributed by atoms with Crippen LogP contribution in [0.1, 0.15) is 58.9 Å². The Morgan fingerprint density at radius 3 is 2.06 bits per heavy atom. The van der Waals surface area contributed by atoms with Crippen LogP contribution in [0.3, 0.4) is 0 Å². The number of ether oxygens (including phenoxy) is 2. The normalized spacial score (nSPS) is 12.7. The highest BCUT2D eigenvalue weighted by Gasteiger charge is 2.12. The summed E-state index contributed by atoms with van der Waals surface area (Å²) >= 11 is 0. The Bertz CT molecular complexity index is 1010. The third kappa shape index (κ3) is 7.68. The van der Waals surface area contributed by atoms with E-state index in [4.69, 9.17) is 9.47 Å². The van der Waals surface area contributed by atoms with Crippen molar-refractivity contribution < 1.29 is 14.3 Å². The van der Waals surface area contributed by atoms with Gasteiger partial charge in [0.1, 0.15) is 12.7 Å². The molecule has 0 spiro atoms. The van der Waals surface area contributed by atoms with Crippen LogP contribution in [0.5, 0.6) is 5.75 Å². The predicted molar refractivity (Wildman–Crippen MR) is 137 cm³/mol. The van der Waals surface area contributed by atoms with Crippen molar-refractivity contribution in [1.82, 2.24) is 9.97 Å². The van der Waals surface area contributed by atoms with Crippen LogP contribution in [-0.4, -0.2) is 28.6 Å². The maximum atomic E-state index is 11.9. The van der Waals surface area contributed by atoms with Gasteiger partial charge in [-0.05, 0) is 42.4 Å². The van der Waals surface area contributed by atoms with Crippen molar-refractivity contribution >= 4 is 5.97 Å². The molecule has 0 aliphatic carbocycles. The number of aromatic nitrogens is 2. The van der Waals surface area contributed by atoms with E-state index in [1.54, 1.807) is 12.4 Å². The molecule has 34 heavy (non-hydrogen) atoms. The third-order valence-corrected chi connectivity index (χ3v) is 5.95. The monoisotopic (exact) mass is 460 g/mol. The van der Waals surface area contributed by atoms with Gasteiger partial charge in [0, 0.05) is 12.0 Å². The lowest BCUT2D eigenvalue weighted by Crippen LogP contribution is -2.22. The van der Waals surface area contributed by atoms with E-state index in [0.29, 0.717) is 23.9 Å². The van der Waals surface area contributed by atoms with Crippen molar-refractivity contribution in [2.24, 2.45) is 5.92 Å². The topological polar surface area (TPSA) is 61.3 Å². The Morgan fingerprint density at radius 2 is 1.47 bits per heavy atom. The largest absolute Gasteiger partial charge is 0.486 e. The van der Waals surface area contributed by atoms with Gasteiger partial charge in [-0.2, -0.15) is 0 Å². The first-order chi connectivity index (χ1) is 16.5. The molecule has 0 aliphatic rings. The van der Waals surface area contributed by atoms with Crippen LogP contribution in [0.15, 0.2) is 60.9 Å². The van der Waals surface area contributed by atoms with E-state index >= 15 is 0 Å². The van der Waals surface area contributed by atoms with Gasteiger partial charge >= 0.3 is 5.97 Å². The number of benzene rings is 2. The minimum atomic E-state index is -0.326. The first kappa shape index (κ1) is 25.4. The molecule has 2 aromatic carbocycles. The number of nitrogens with zero attached hydrogens (tertiary/aromatic N) is 2. The van der Waals surface area contributed by atoms with Gasteiger partial charge in [0.15, 0.2) is 11.6 Å². The minimum absolute atomic E-state index is 0.177. The average Bonchev–Trinajstić information content (AvgIpc) is 2.87. The van der Waals surface area contributed by atoms with E-state index in [9.17, 15) is 4.79 Å². The Kier molecular flexibility index (Phi) is 9.62. The highest BCUT2D eigenvalue weighted by atomic mass is 16.6. The van der Waals surface area contributed by atoms with E-state index in [1.807, 2.05) is 19.1 Å². The molecule has 3 rings (SSSR count). The fourth-order valence-corrected chi connectivity index (χ4v) is 3.60. The van der Waals surface area contributed by atoms with Gasteiger partial charge in [0.05, 0.1) is 12.4 Å². The van der Waals surface area contributed by atoms with Gasteiger partial charge in [0.25, 0.3) is 0 Å². The molecule has 0 radical (unpaired) electrons. The van der Waals surface area contributed by atoms with E-state index in [1.165, 1.54) is 16.7 Å². The van der Waals surface area contributed by atoms with Crippen LogP contribution in [-0.2, 0) is 16.0 Å². The van der Waals surface area contributed by atoms with Crippen LogP contribution in [0.2, 0.25) is 0 Å². The third-order valence-electron chi connectivity index (χ3n) is 5.95. The second-order valence-electron chi connectivity index (χ2n) is 8.93. The summed E-state index contributed by atoms with van der Waals surface area (Å²) < 4.78 is 11.1. The van der Waals surface area contributed by atoms with E-state index < -0.39 is 0 Å². The van der Waals surface area contributed by atoms with Gasteiger partial charge in [-0.1, -0.05) is 82.1 Å². The molecule has 0 aliphatic heterocycles. The van der Waals surface area contributed by atoms with Crippen LogP contribution in [0.25, 0.3) is 22.5 Å². The van der Waals surface area contributed by atoms with Gasteiger partial charge in [-0.3, -0.25) is 4.79 Å². The Morgan fingerprint density at radius 1 is 0.882 bits per heavy atom. The Balaban J connectivity index is 1.50. The Hall–Kier alpha value is -3.21. The zero-order valence-electron chi connectivity index (χ0n) is 20.8. The lowest BCUT2D eigenvalue weighted by molar-refractivity contribution is -0.149. The predicted octanol–water partition coefficient (Wildman–Crippen LogP) is 6.90. The summed E-state index contributed by atoms with van der Waals surface area (Å²) in [7, 11) is 0. The molecule has 2 atom stereocenters. The van der Waals surface area contributed by atoms with Gasteiger partial charge in [-0.25, -0.2) is 9.97 Å². The van der Waals surface area contributed by atoms with E-state index in [0.717, 1.165) is 31.2 Å². The Labute approximate surface area is 203 Å². The molecule has 5 heteroatoms. The highest BCUT2D eigenvalue weighted by Crippen LogP contribution is 2.24. The molecule has 5 nitrogen and oxygen atoms in total. The van der Waals surface area contributed by atoms with Crippen molar-refractivity contribution in [3.8, 4) is 28.3 Å². The summed E-state index contributed by atoms with van der Waals surface area (Å²) in [5, 5.41) is 0. The number of carbonyl (C=O) groups excluding carboxylic acids is 1. The SMILES string of the molecule is CCCc1ccc(-c2ccc(-c3ncc(OC[C@H](C)OC(=O)CC[C@@H](C)CC)cn3)cc2)cc1. The first-order valence-electron chi connectivity index (χ1n) is 12.3. The van der Waals surface area contributed by atoms with Crippen molar-refractivity contribution in [2.45, 2.75) is 65.9 Å². The minimum Gasteiger partial charge on any atom is -0.486 e. The summed E-state index contributed by atoms with van der Waals surface area (Å²) in [6.07, 6.45) is 7.61. The number of hydrogen-bond donors (Lipinski definition) is 0. The summed E-state index contributed by atoms with van der Waals surface area (Å²) in [6, 6.07) is 17.0. The number of carbonyl (C=O) groups is 1. The zero-order chi connectivity index (χ0) is 24.3. The molecular weight excluding hydrogens is 424 g/mol. The number of hydrogen-bond acceptors (Lipinski definition) is 5. The van der Waals surface area contributed by atoms with Crippen LogP contribution in [0.4, 0.5) is 0 Å². The van der Waals surface area contributed by atoms with Gasteiger partial charge in [-0.15, -0.1) is 0 Å². The zero-order valence-corrected chi connectivity index (χ0v) is 20.8. The average molecular weight is 461 g/mol. The molecular formula is C29H36N2O3. The van der Waals surface area contributed by atoms with Crippen molar-refractivity contribution in [1.29, 1.82) is 0 Å². The maximum Gasteiger partial charge on any atom is 0.306 e. The molecule has 1 aromatic heterocycles.